The number of fused-ring (bicyclic) bond motifs is 2. The Balaban J connectivity index is 1.39. The third kappa shape index (κ3) is 4.03. The molecular formula is C22H28N6O3. The summed E-state index contributed by atoms with van der Waals surface area (Å²) in [5.74, 6) is 1.46. The highest BCUT2D eigenvalue weighted by atomic mass is 16.5. The van der Waals surface area contributed by atoms with E-state index in [9.17, 15) is 9.59 Å². The van der Waals surface area contributed by atoms with Crippen LogP contribution in [0.5, 0.6) is 11.5 Å². The summed E-state index contributed by atoms with van der Waals surface area (Å²) in [5, 5.41) is 6.54. The fourth-order valence-electron chi connectivity index (χ4n) is 4.63. The number of carbonyl (C=O) groups excluding carboxylic acids is 1. The summed E-state index contributed by atoms with van der Waals surface area (Å²) in [7, 11) is 0. The highest BCUT2D eigenvalue weighted by Gasteiger charge is 2.26. The van der Waals surface area contributed by atoms with Crippen molar-refractivity contribution in [1.82, 2.24) is 19.8 Å². The monoisotopic (exact) mass is 424 g/mol. The van der Waals surface area contributed by atoms with Crippen molar-refractivity contribution in [3.8, 4) is 11.5 Å². The molecule has 9 nitrogen and oxygen atoms in total. The lowest BCUT2D eigenvalue weighted by molar-refractivity contribution is 0.0709. The van der Waals surface area contributed by atoms with Crippen molar-refractivity contribution in [2.45, 2.75) is 44.2 Å². The smallest absolute Gasteiger partial charge is 0.350 e. The van der Waals surface area contributed by atoms with Crippen molar-refractivity contribution in [3.05, 3.63) is 40.4 Å². The van der Waals surface area contributed by atoms with Gasteiger partial charge < -0.3 is 26.0 Å². The third-order valence-electron chi connectivity index (χ3n) is 6.30. The van der Waals surface area contributed by atoms with E-state index in [2.05, 4.69) is 15.6 Å². The number of rotatable bonds is 2. The van der Waals surface area contributed by atoms with E-state index in [0.29, 0.717) is 41.7 Å². The molecule has 4 heterocycles. The molecule has 0 bridgehead atoms. The fraction of sp³-hybridized carbons (Fsp3) is 0.500. The number of nitrogens with zero attached hydrogens (tertiary/aromatic N) is 3. The van der Waals surface area contributed by atoms with E-state index < -0.39 is 0 Å². The number of ether oxygens (including phenoxy) is 1. The zero-order valence-corrected chi connectivity index (χ0v) is 17.5. The van der Waals surface area contributed by atoms with Crippen LogP contribution < -0.4 is 26.8 Å². The number of hydrogen-bond acceptors (Lipinski definition) is 7. The van der Waals surface area contributed by atoms with Crippen molar-refractivity contribution >= 4 is 17.4 Å². The van der Waals surface area contributed by atoms with Gasteiger partial charge in [0.15, 0.2) is 17.3 Å². The van der Waals surface area contributed by atoms with Crippen LogP contribution in [0.25, 0.3) is 0 Å². The molecule has 2 fully saturated rings. The molecule has 164 valence electrons. The molecule has 1 aromatic heterocycles. The molecule has 2 atom stereocenters. The summed E-state index contributed by atoms with van der Waals surface area (Å²) in [5.41, 5.74) is 6.92. The maximum absolute atomic E-state index is 12.9. The third-order valence-corrected chi connectivity index (χ3v) is 6.30. The predicted octanol–water partition coefficient (Wildman–Crippen LogP) is 1.97. The van der Waals surface area contributed by atoms with E-state index in [1.165, 1.54) is 0 Å². The Morgan fingerprint density at radius 2 is 2.06 bits per heavy atom. The van der Waals surface area contributed by atoms with Gasteiger partial charge in [-0.05, 0) is 63.4 Å². The maximum atomic E-state index is 12.9. The van der Waals surface area contributed by atoms with Crippen LogP contribution in [0.15, 0.2) is 29.2 Å². The summed E-state index contributed by atoms with van der Waals surface area (Å²) in [6.45, 7) is 3.14. The lowest BCUT2D eigenvalue weighted by Crippen LogP contribution is -2.45. The number of hydrogen-bond donors (Lipinski definition) is 3. The highest BCUT2D eigenvalue weighted by molar-refractivity contribution is 5.96. The largest absolute Gasteiger partial charge is 0.450 e. The topological polar surface area (TPSA) is 115 Å². The van der Waals surface area contributed by atoms with Gasteiger partial charge in [0.2, 0.25) is 0 Å². The number of nitrogens with two attached hydrogens (primary N) is 1. The van der Waals surface area contributed by atoms with Gasteiger partial charge in [0.1, 0.15) is 0 Å². The van der Waals surface area contributed by atoms with E-state index in [4.69, 9.17) is 10.5 Å². The molecular weight excluding hydrogens is 396 g/mol. The number of carbonyl (C=O) groups is 1. The number of aromatic nitrogens is 2. The van der Waals surface area contributed by atoms with Crippen LogP contribution in [0.3, 0.4) is 0 Å². The summed E-state index contributed by atoms with van der Waals surface area (Å²) in [6, 6.07) is 5.45. The van der Waals surface area contributed by atoms with Crippen LogP contribution in [-0.4, -0.2) is 52.6 Å². The van der Waals surface area contributed by atoms with Crippen LogP contribution in [0, 0.1) is 0 Å². The summed E-state index contributed by atoms with van der Waals surface area (Å²) in [4.78, 5) is 31.6. The van der Waals surface area contributed by atoms with Crippen molar-refractivity contribution < 1.29 is 9.53 Å². The van der Waals surface area contributed by atoms with Gasteiger partial charge in [-0.3, -0.25) is 9.36 Å². The number of likely N-dealkylation sites (tertiary alicyclic amines) is 1. The molecule has 3 aliphatic rings. The molecule has 5 rings (SSSR count). The second kappa shape index (κ2) is 8.32. The van der Waals surface area contributed by atoms with E-state index in [-0.39, 0.29) is 23.7 Å². The molecule has 2 unspecified atom stereocenters. The number of piperidine rings is 1. The Kier molecular flexibility index (Phi) is 5.37. The van der Waals surface area contributed by atoms with Crippen molar-refractivity contribution in [1.29, 1.82) is 0 Å². The first-order valence-corrected chi connectivity index (χ1v) is 11.1. The minimum atomic E-state index is -0.292. The van der Waals surface area contributed by atoms with Gasteiger partial charge in [-0.2, -0.15) is 4.98 Å². The van der Waals surface area contributed by atoms with E-state index in [0.717, 1.165) is 45.2 Å². The van der Waals surface area contributed by atoms with Gasteiger partial charge in [-0.15, -0.1) is 0 Å². The maximum Gasteiger partial charge on any atom is 0.350 e. The van der Waals surface area contributed by atoms with Crippen LogP contribution in [0.1, 0.15) is 48.5 Å². The predicted molar refractivity (Wildman–Crippen MR) is 117 cm³/mol. The molecule has 1 aromatic carbocycles. The normalized spacial score (nSPS) is 23.1. The second-order valence-corrected chi connectivity index (χ2v) is 8.57. The van der Waals surface area contributed by atoms with Crippen molar-refractivity contribution in [3.63, 3.8) is 0 Å². The molecule has 1 amide bonds. The Hall–Kier alpha value is -2.91. The van der Waals surface area contributed by atoms with Crippen molar-refractivity contribution in [2.24, 2.45) is 5.73 Å². The van der Waals surface area contributed by atoms with Gasteiger partial charge >= 0.3 is 5.69 Å². The first-order chi connectivity index (χ1) is 15.1. The lowest BCUT2D eigenvalue weighted by atomic mass is 10.0. The quantitative estimate of drug-likeness (QED) is 0.576. The van der Waals surface area contributed by atoms with Crippen LogP contribution in [0.4, 0.5) is 11.5 Å². The zero-order chi connectivity index (χ0) is 21.4. The molecule has 0 radical (unpaired) electrons. The van der Waals surface area contributed by atoms with E-state index in [1.807, 2.05) is 0 Å². The van der Waals surface area contributed by atoms with Crippen LogP contribution in [0.2, 0.25) is 0 Å². The van der Waals surface area contributed by atoms with Crippen LogP contribution >= 0.6 is 0 Å². The molecule has 0 aliphatic carbocycles. The molecule has 2 saturated heterocycles. The average molecular weight is 425 g/mol. The first-order valence-electron chi connectivity index (χ1n) is 11.1. The molecule has 3 aliphatic heterocycles. The summed E-state index contributed by atoms with van der Waals surface area (Å²) < 4.78 is 7.74. The average Bonchev–Trinajstić information content (AvgIpc) is 3.06. The van der Waals surface area contributed by atoms with Gasteiger partial charge in [0.25, 0.3) is 5.91 Å². The van der Waals surface area contributed by atoms with Crippen molar-refractivity contribution in [2.75, 3.05) is 31.5 Å². The summed E-state index contributed by atoms with van der Waals surface area (Å²) in [6.07, 6.45) is 6.46. The Bertz CT molecular complexity index is 1040. The van der Waals surface area contributed by atoms with Gasteiger partial charge in [0.05, 0.1) is 11.9 Å². The van der Waals surface area contributed by atoms with Gasteiger partial charge in [0, 0.05) is 30.7 Å². The number of amides is 1. The van der Waals surface area contributed by atoms with Crippen LogP contribution in [-0.2, 0) is 0 Å². The van der Waals surface area contributed by atoms with E-state index in [1.54, 1.807) is 33.9 Å². The SMILES string of the molecule is NC1CCCN(C(=O)c2ccc3c(c2)Nc2nc(=O)n(C4CCCNCC4)cc2O3)C1. The lowest BCUT2D eigenvalue weighted by Gasteiger charge is -2.31. The molecule has 0 saturated carbocycles. The molecule has 0 spiro atoms. The molecule has 2 aromatic rings. The highest BCUT2D eigenvalue weighted by Crippen LogP contribution is 2.41. The Morgan fingerprint density at radius 1 is 1.16 bits per heavy atom. The molecule has 4 N–H and O–H groups in total. The zero-order valence-electron chi connectivity index (χ0n) is 17.5. The molecule has 9 heteroatoms. The second-order valence-electron chi connectivity index (χ2n) is 8.57. The molecule has 31 heavy (non-hydrogen) atoms. The fourth-order valence-corrected chi connectivity index (χ4v) is 4.63. The number of benzene rings is 1. The number of anilines is 2. The minimum absolute atomic E-state index is 0.0271. The minimum Gasteiger partial charge on any atom is -0.450 e. The van der Waals surface area contributed by atoms with E-state index >= 15 is 0 Å². The Labute approximate surface area is 180 Å². The van der Waals surface area contributed by atoms with Gasteiger partial charge in [-0.1, -0.05) is 0 Å². The number of nitrogens with one attached hydrogen (secondary N) is 2. The Morgan fingerprint density at radius 3 is 2.94 bits per heavy atom. The van der Waals surface area contributed by atoms with Gasteiger partial charge in [-0.25, -0.2) is 4.79 Å². The first kappa shape index (κ1) is 20.0. The standard InChI is InChI=1S/C22H28N6O3/c23-15-3-2-10-27(12-15)21(29)14-5-6-18-17(11-14)25-20-19(31-18)13-28(22(30)26-20)16-4-1-8-24-9-7-16/h5-6,11,13,15-16,24H,1-4,7-10,12,23H2,(H,25,26,30). The summed E-state index contributed by atoms with van der Waals surface area (Å²) >= 11 is 0.